The van der Waals surface area contributed by atoms with Crippen molar-refractivity contribution >= 4 is 17.2 Å². The number of hydrogen-bond acceptors (Lipinski definition) is 3. The second-order valence-corrected chi connectivity index (χ2v) is 8.85. The lowest BCUT2D eigenvalue weighted by atomic mass is 9.72. The number of amides is 1. The van der Waals surface area contributed by atoms with E-state index in [1.807, 2.05) is 0 Å². The van der Waals surface area contributed by atoms with Crippen LogP contribution in [0.2, 0.25) is 0 Å². The highest BCUT2D eigenvalue weighted by Crippen LogP contribution is 2.36. The fourth-order valence-corrected chi connectivity index (χ4v) is 4.78. The third-order valence-electron chi connectivity index (χ3n) is 5.45. The molecular formula is C22H30N2OS. The molecule has 0 saturated carbocycles. The molecule has 1 saturated heterocycles. The molecule has 26 heavy (non-hydrogen) atoms. The van der Waals surface area contributed by atoms with Gasteiger partial charge < -0.3 is 10.2 Å². The first-order valence-corrected chi connectivity index (χ1v) is 10.5. The first kappa shape index (κ1) is 19.1. The van der Waals surface area contributed by atoms with E-state index < -0.39 is 0 Å². The Labute approximate surface area is 161 Å². The molecule has 1 N–H and O–H groups in total. The van der Waals surface area contributed by atoms with E-state index in [1.54, 1.807) is 18.4 Å². The van der Waals surface area contributed by atoms with Crippen molar-refractivity contribution in [3.8, 4) is 10.4 Å². The lowest BCUT2D eigenvalue weighted by Crippen LogP contribution is -2.49. The maximum Gasteiger partial charge on any atom is 0.226 e. The lowest BCUT2D eigenvalue weighted by molar-refractivity contribution is -0.133. The second-order valence-electron chi connectivity index (χ2n) is 7.90. The van der Waals surface area contributed by atoms with Gasteiger partial charge in [-0.1, -0.05) is 44.2 Å². The zero-order valence-corrected chi connectivity index (χ0v) is 16.9. The van der Waals surface area contributed by atoms with Crippen molar-refractivity contribution in [3.63, 3.8) is 0 Å². The van der Waals surface area contributed by atoms with Gasteiger partial charge in [-0.3, -0.25) is 4.79 Å². The summed E-state index contributed by atoms with van der Waals surface area (Å²) in [4.78, 5) is 16.5. The Kier molecular flexibility index (Phi) is 6.15. The van der Waals surface area contributed by atoms with Gasteiger partial charge in [-0.25, -0.2) is 0 Å². The van der Waals surface area contributed by atoms with Crippen molar-refractivity contribution in [2.24, 2.45) is 11.3 Å². The molecule has 1 amide bonds. The highest BCUT2D eigenvalue weighted by Gasteiger charge is 2.40. The normalized spacial score (nSPS) is 17.4. The molecule has 1 aromatic carbocycles. The van der Waals surface area contributed by atoms with Crippen LogP contribution in [0.4, 0.5) is 0 Å². The second kappa shape index (κ2) is 8.36. The topological polar surface area (TPSA) is 32.3 Å². The summed E-state index contributed by atoms with van der Waals surface area (Å²) < 4.78 is 0. The minimum Gasteiger partial charge on any atom is -0.359 e. The van der Waals surface area contributed by atoms with Crippen LogP contribution in [0.1, 0.15) is 32.3 Å². The van der Waals surface area contributed by atoms with Crippen LogP contribution in [0.5, 0.6) is 0 Å². The molecule has 0 spiro atoms. The molecule has 1 aromatic heterocycles. The van der Waals surface area contributed by atoms with Crippen LogP contribution in [-0.2, 0) is 11.2 Å². The molecule has 3 rings (SSSR count). The van der Waals surface area contributed by atoms with E-state index in [1.165, 1.54) is 16.0 Å². The van der Waals surface area contributed by atoms with E-state index in [4.69, 9.17) is 0 Å². The van der Waals surface area contributed by atoms with Gasteiger partial charge in [0.15, 0.2) is 0 Å². The Hall–Kier alpha value is -1.65. The van der Waals surface area contributed by atoms with E-state index in [2.05, 4.69) is 65.8 Å². The monoisotopic (exact) mass is 370 g/mol. The summed E-state index contributed by atoms with van der Waals surface area (Å²) >= 11 is 1.76. The summed E-state index contributed by atoms with van der Waals surface area (Å²) in [5, 5.41) is 5.04. The average molecular weight is 371 g/mol. The third kappa shape index (κ3) is 4.36. The van der Waals surface area contributed by atoms with Crippen LogP contribution in [0.25, 0.3) is 10.4 Å². The quantitative estimate of drug-likeness (QED) is 0.815. The van der Waals surface area contributed by atoms with Gasteiger partial charge in [-0.05, 0) is 60.8 Å². The van der Waals surface area contributed by atoms with E-state index in [-0.39, 0.29) is 11.3 Å². The Balaban J connectivity index is 1.72. The van der Waals surface area contributed by atoms with E-state index in [0.717, 1.165) is 38.9 Å². The van der Waals surface area contributed by atoms with Gasteiger partial charge >= 0.3 is 0 Å². The van der Waals surface area contributed by atoms with Crippen molar-refractivity contribution in [2.45, 2.75) is 33.1 Å². The van der Waals surface area contributed by atoms with Gasteiger partial charge in [-0.15, -0.1) is 11.3 Å². The standard InChI is InChI=1S/C22H30N2OS/c1-17(2)16-24-12-10-22(11-13-24,21(25)23-3)15-18-6-8-19(9-7-18)20-5-4-14-26-20/h4-9,14,17H,10-13,15-16H2,1-3H3,(H,23,25). The fourth-order valence-electron chi connectivity index (χ4n) is 4.05. The zero-order valence-electron chi connectivity index (χ0n) is 16.1. The van der Waals surface area contributed by atoms with E-state index >= 15 is 0 Å². The summed E-state index contributed by atoms with van der Waals surface area (Å²) in [7, 11) is 1.77. The van der Waals surface area contributed by atoms with Gasteiger partial charge in [0.25, 0.3) is 0 Å². The minimum atomic E-state index is -0.271. The molecule has 3 nitrogen and oxygen atoms in total. The van der Waals surface area contributed by atoms with E-state index in [0.29, 0.717) is 5.92 Å². The summed E-state index contributed by atoms with van der Waals surface area (Å²) in [5.74, 6) is 0.872. The van der Waals surface area contributed by atoms with Crippen molar-refractivity contribution in [1.29, 1.82) is 0 Å². The number of carbonyl (C=O) groups excluding carboxylic acids is 1. The molecule has 0 unspecified atom stereocenters. The fraction of sp³-hybridized carbons (Fsp3) is 0.500. The SMILES string of the molecule is CNC(=O)C1(Cc2ccc(-c3cccs3)cc2)CCN(CC(C)C)CC1. The number of likely N-dealkylation sites (tertiary alicyclic amines) is 1. The molecular weight excluding hydrogens is 340 g/mol. The Morgan fingerprint density at radius 3 is 2.42 bits per heavy atom. The molecule has 0 aliphatic carbocycles. The number of hydrogen-bond donors (Lipinski definition) is 1. The Morgan fingerprint density at radius 1 is 1.19 bits per heavy atom. The summed E-state index contributed by atoms with van der Waals surface area (Å²) in [6.45, 7) is 7.67. The predicted octanol–water partition coefficient (Wildman–Crippen LogP) is 4.44. The Morgan fingerprint density at radius 2 is 1.88 bits per heavy atom. The molecule has 140 valence electrons. The number of thiophene rings is 1. The van der Waals surface area contributed by atoms with Gasteiger partial charge in [0.1, 0.15) is 0 Å². The minimum absolute atomic E-state index is 0.198. The first-order chi connectivity index (χ1) is 12.5. The molecule has 0 atom stereocenters. The maximum atomic E-state index is 12.7. The van der Waals surface area contributed by atoms with Gasteiger partial charge in [-0.2, -0.15) is 0 Å². The number of carbonyl (C=O) groups is 1. The lowest BCUT2D eigenvalue weighted by Gasteiger charge is -2.41. The van der Waals surface area contributed by atoms with Gasteiger partial charge in [0.2, 0.25) is 5.91 Å². The molecule has 1 aliphatic heterocycles. The van der Waals surface area contributed by atoms with Crippen LogP contribution < -0.4 is 5.32 Å². The summed E-state index contributed by atoms with van der Waals surface area (Å²) in [6, 6.07) is 13.0. The average Bonchev–Trinajstić information content (AvgIpc) is 3.18. The van der Waals surface area contributed by atoms with Crippen molar-refractivity contribution in [3.05, 3.63) is 47.3 Å². The van der Waals surface area contributed by atoms with Crippen LogP contribution in [-0.4, -0.2) is 37.5 Å². The number of piperidine rings is 1. The molecule has 4 heteroatoms. The highest BCUT2D eigenvalue weighted by molar-refractivity contribution is 7.13. The van der Waals surface area contributed by atoms with Gasteiger partial charge in [0, 0.05) is 18.5 Å². The summed E-state index contributed by atoms with van der Waals surface area (Å²) in [6.07, 6.45) is 2.70. The van der Waals surface area contributed by atoms with Crippen molar-refractivity contribution in [2.75, 3.05) is 26.7 Å². The third-order valence-corrected chi connectivity index (χ3v) is 6.37. The largest absolute Gasteiger partial charge is 0.359 e. The number of benzene rings is 1. The smallest absolute Gasteiger partial charge is 0.226 e. The van der Waals surface area contributed by atoms with Crippen molar-refractivity contribution < 1.29 is 4.79 Å². The highest BCUT2D eigenvalue weighted by atomic mass is 32.1. The molecule has 0 bridgehead atoms. The van der Waals surface area contributed by atoms with E-state index in [9.17, 15) is 4.79 Å². The predicted molar refractivity (Wildman–Crippen MR) is 110 cm³/mol. The number of nitrogens with one attached hydrogen (secondary N) is 1. The Bertz CT molecular complexity index is 698. The number of rotatable bonds is 6. The molecule has 2 aromatic rings. The van der Waals surface area contributed by atoms with Crippen LogP contribution in [0.15, 0.2) is 41.8 Å². The molecule has 0 radical (unpaired) electrons. The van der Waals surface area contributed by atoms with Crippen LogP contribution in [0, 0.1) is 11.3 Å². The number of nitrogens with zero attached hydrogens (tertiary/aromatic N) is 1. The first-order valence-electron chi connectivity index (χ1n) is 9.60. The van der Waals surface area contributed by atoms with Crippen molar-refractivity contribution in [1.82, 2.24) is 10.2 Å². The summed E-state index contributed by atoms with van der Waals surface area (Å²) in [5.41, 5.74) is 2.24. The van der Waals surface area contributed by atoms with Gasteiger partial charge in [0.05, 0.1) is 5.41 Å². The molecule has 2 heterocycles. The van der Waals surface area contributed by atoms with Crippen LogP contribution >= 0.6 is 11.3 Å². The maximum absolute atomic E-state index is 12.7. The molecule has 1 aliphatic rings. The zero-order chi connectivity index (χ0) is 18.6. The van der Waals surface area contributed by atoms with Crippen LogP contribution in [0.3, 0.4) is 0 Å². The molecule has 1 fully saturated rings.